The zero-order valence-electron chi connectivity index (χ0n) is 15.0. The largest absolute Gasteiger partial charge is 0.493 e. The van der Waals surface area contributed by atoms with Crippen LogP contribution in [0.2, 0.25) is 10.0 Å². The number of nitrogens with one attached hydrogen (secondary N) is 1. The SMILES string of the molecule is COc1ccc(C(=O)OCC(=O)NC(C)c2ccc(Cl)cc2Cl)cc1OC. The van der Waals surface area contributed by atoms with E-state index in [0.717, 1.165) is 0 Å². The maximum absolute atomic E-state index is 12.1. The Bertz CT molecular complexity index is 841. The summed E-state index contributed by atoms with van der Waals surface area (Å²) in [5, 5.41) is 3.66. The van der Waals surface area contributed by atoms with E-state index in [1.54, 1.807) is 31.2 Å². The number of benzene rings is 2. The molecule has 0 saturated carbocycles. The van der Waals surface area contributed by atoms with E-state index >= 15 is 0 Å². The van der Waals surface area contributed by atoms with E-state index in [9.17, 15) is 9.59 Å². The summed E-state index contributed by atoms with van der Waals surface area (Å²) in [7, 11) is 2.96. The van der Waals surface area contributed by atoms with Gasteiger partial charge in [0, 0.05) is 10.0 Å². The summed E-state index contributed by atoms with van der Waals surface area (Å²) in [5.74, 6) is -0.228. The Morgan fingerprint density at radius 1 is 1.04 bits per heavy atom. The van der Waals surface area contributed by atoms with Gasteiger partial charge in [-0.05, 0) is 42.8 Å². The van der Waals surface area contributed by atoms with Crippen molar-refractivity contribution in [3.8, 4) is 11.5 Å². The molecule has 144 valence electrons. The summed E-state index contributed by atoms with van der Waals surface area (Å²) in [6.07, 6.45) is 0. The van der Waals surface area contributed by atoms with Gasteiger partial charge < -0.3 is 19.5 Å². The molecule has 0 aliphatic carbocycles. The van der Waals surface area contributed by atoms with E-state index in [2.05, 4.69) is 5.32 Å². The molecule has 0 spiro atoms. The summed E-state index contributed by atoms with van der Waals surface area (Å²) in [4.78, 5) is 24.2. The second-order valence-corrected chi connectivity index (χ2v) is 6.44. The molecule has 1 amide bonds. The Kier molecular flexibility index (Phi) is 7.33. The Morgan fingerprint density at radius 2 is 1.74 bits per heavy atom. The van der Waals surface area contributed by atoms with Crippen LogP contribution in [-0.2, 0) is 9.53 Å². The molecular formula is C19H19Cl2NO5. The van der Waals surface area contributed by atoms with E-state index in [1.807, 2.05) is 0 Å². The van der Waals surface area contributed by atoms with Crippen molar-refractivity contribution in [2.45, 2.75) is 13.0 Å². The molecular weight excluding hydrogens is 393 g/mol. The molecule has 2 rings (SSSR count). The number of methoxy groups -OCH3 is 2. The van der Waals surface area contributed by atoms with E-state index in [4.69, 9.17) is 37.4 Å². The molecule has 2 aromatic carbocycles. The predicted molar refractivity (Wildman–Crippen MR) is 103 cm³/mol. The van der Waals surface area contributed by atoms with Gasteiger partial charge in [0.2, 0.25) is 0 Å². The number of hydrogen-bond acceptors (Lipinski definition) is 5. The molecule has 8 heteroatoms. The van der Waals surface area contributed by atoms with Crippen LogP contribution in [0.3, 0.4) is 0 Å². The highest BCUT2D eigenvalue weighted by Crippen LogP contribution is 2.28. The number of carbonyl (C=O) groups excluding carboxylic acids is 2. The number of rotatable bonds is 7. The van der Waals surface area contributed by atoms with Crippen LogP contribution in [0.15, 0.2) is 36.4 Å². The Labute approximate surface area is 167 Å². The monoisotopic (exact) mass is 411 g/mol. The normalized spacial score (nSPS) is 11.4. The summed E-state index contributed by atoms with van der Waals surface area (Å²) < 4.78 is 15.3. The maximum Gasteiger partial charge on any atom is 0.338 e. The number of halogens is 2. The second kappa shape index (κ2) is 9.48. The molecule has 1 N–H and O–H groups in total. The van der Waals surface area contributed by atoms with Gasteiger partial charge >= 0.3 is 5.97 Å². The maximum atomic E-state index is 12.1. The van der Waals surface area contributed by atoms with E-state index in [0.29, 0.717) is 27.1 Å². The van der Waals surface area contributed by atoms with Gasteiger partial charge in [-0.2, -0.15) is 0 Å². The average molecular weight is 412 g/mol. The standard InChI is InChI=1S/C19H19Cl2NO5/c1-11(14-6-5-13(20)9-15(14)21)22-18(23)10-27-19(24)12-4-7-16(25-2)17(8-12)26-3/h4-9,11H,10H2,1-3H3,(H,22,23). The van der Waals surface area contributed by atoms with Crippen LogP contribution in [0, 0.1) is 0 Å². The number of ether oxygens (including phenoxy) is 3. The highest BCUT2D eigenvalue weighted by Gasteiger charge is 2.16. The van der Waals surface area contributed by atoms with Crippen molar-refractivity contribution in [3.05, 3.63) is 57.6 Å². The molecule has 0 saturated heterocycles. The topological polar surface area (TPSA) is 73.9 Å². The van der Waals surface area contributed by atoms with Gasteiger partial charge in [-0.1, -0.05) is 29.3 Å². The second-order valence-electron chi connectivity index (χ2n) is 5.60. The average Bonchev–Trinajstić information content (AvgIpc) is 2.65. The molecule has 1 atom stereocenters. The van der Waals surface area contributed by atoms with Crippen LogP contribution in [0.25, 0.3) is 0 Å². The summed E-state index contributed by atoms with van der Waals surface area (Å²) in [6.45, 7) is 1.34. The molecule has 0 aliphatic rings. The molecule has 27 heavy (non-hydrogen) atoms. The minimum absolute atomic E-state index is 0.245. The predicted octanol–water partition coefficient (Wildman–Crippen LogP) is 4.04. The van der Waals surface area contributed by atoms with Crippen LogP contribution in [-0.4, -0.2) is 32.7 Å². The fourth-order valence-electron chi connectivity index (χ4n) is 2.39. The van der Waals surface area contributed by atoms with E-state index in [-0.39, 0.29) is 11.6 Å². The fraction of sp³-hybridized carbons (Fsp3) is 0.263. The molecule has 2 aromatic rings. The lowest BCUT2D eigenvalue weighted by Gasteiger charge is -2.16. The van der Waals surface area contributed by atoms with Crippen molar-refractivity contribution < 1.29 is 23.8 Å². The van der Waals surface area contributed by atoms with Gasteiger partial charge in [-0.3, -0.25) is 4.79 Å². The van der Waals surface area contributed by atoms with Crippen molar-refractivity contribution in [1.29, 1.82) is 0 Å². The Morgan fingerprint density at radius 3 is 2.37 bits per heavy atom. The highest BCUT2D eigenvalue weighted by molar-refractivity contribution is 6.35. The fourth-order valence-corrected chi connectivity index (χ4v) is 2.96. The van der Waals surface area contributed by atoms with Crippen LogP contribution in [0.4, 0.5) is 0 Å². The third-order valence-electron chi connectivity index (χ3n) is 3.76. The van der Waals surface area contributed by atoms with Crippen molar-refractivity contribution in [2.24, 2.45) is 0 Å². The van der Waals surface area contributed by atoms with Crippen molar-refractivity contribution in [3.63, 3.8) is 0 Å². The lowest BCUT2D eigenvalue weighted by Crippen LogP contribution is -2.31. The Balaban J connectivity index is 1.94. The summed E-state index contributed by atoms with van der Waals surface area (Å²) >= 11 is 12.0. The highest BCUT2D eigenvalue weighted by atomic mass is 35.5. The first kappa shape index (κ1) is 20.9. The van der Waals surface area contributed by atoms with Crippen LogP contribution in [0.1, 0.15) is 28.9 Å². The van der Waals surface area contributed by atoms with Crippen LogP contribution >= 0.6 is 23.2 Å². The first-order valence-corrected chi connectivity index (χ1v) is 8.74. The molecule has 0 radical (unpaired) electrons. The molecule has 0 aromatic heterocycles. The van der Waals surface area contributed by atoms with Gasteiger partial charge in [0.05, 0.1) is 25.8 Å². The van der Waals surface area contributed by atoms with Gasteiger partial charge in [-0.15, -0.1) is 0 Å². The van der Waals surface area contributed by atoms with Gasteiger partial charge in [0.1, 0.15) is 0 Å². The molecule has 0 fully saturated rings. The number of carbonyl (C=O) groups is 2. The third kappa shape index (κ3) is 5.52. The zero-order chi connectivity index (χ0) is 20.0. The summed E-state index contributed by atoms with van der Waals surface area (Å²) in [6, 6.07) is 9.22. The lowest BCUT2D eigenvalue weighted by atomic mass is 10.1. The van der Waals surface area contributed by atoms with Crippen molar-refractivity contribution in [2.75, 3.05) is 20.8 Å². The molecule has 1 unspecified atom stereocenters. The van der Waals surface area contributed by atoms with Gasteiger partial charge in [0.15, 0.2) is 18.1 Å². The molecule has 0 bridgehead atoms. The smallest absolute Gasteiger partial charge is 0.338 e. The minimum atomic E-state index is -0.650. The van der Waals surface area contributed by atoms with Crippen LogP contribution in [0.5, 0.6) is 11.5 Å². The van der Waals surface area contributed by atoms with E-state index < -0.39 is 18.5 Å². The van der Waals surface area contributed by atoms with Crippen molar-refractivity contribution >= 4 is 35.1 Å². The molecule has 0 aliphatic heterocycles. The van der Waals surface area contributed by atoms with Gasteiger partial charge in [0.25, 0.3) is 5.91 Å². The number of amides is 1. The summed E-state index contributed by atoms with van der Waals surface area (Å²) in [5.41, 5.74) is 0.954. The quantitative estimate of drug-likeness (QED) is 0.695. The molecule has 6 nitrogen and oxygen atoms in total. The Hall–Kier alpha value is -2.44. The lowest BCUT2D eigenvalue weighted by molar-refractivity contribution is -0.124. The molecule has 0 heterocycles. The first-order valence-electron chi connectivity index (χ1n) is 7.99. The number of esters is 1. The van der Waals surface area contributed by atoms with Crippen molar-refractivity contribution in [1.82, 2.24) is 5.32 Å². The van der Waals surface area contributed by atoms with Crippen LogP contribution < -0.4 is 14.8 Å². The first-order chi connectivity index (χ1) is 12.8. The number of hydrogen-bond donors (Lipinski definition) is 1. The van der Waals surface area contributed by atoms with E-state index in [1.165, 1.54) is 26.4 Å². The minimum Gasteiger partial charge on any atom is -0.493 e. The van der Waals surface area contributed by atoms with Gasteiger partial charge in [-0.25, -0.2) is 4.79 Å². The third-order valence-corrected chi connectivity index (χ3v) is 4.32. The zero-order valence-corrected chi connectivity index (χ0v) is 16.6.